The minimum Gasteiger partial charge on any atom is -0.325 e. The lowest BCUT2D eigenvalue weighted by Gasteiger charge is -2.04. The number of amides is 1. The fourth-order valence-electron chi connectivity index (χ4n) is 0.861. The molecule has 1 aromatic carbocycles. The first-order valence-electron chi connectivity index (χ1n) is 3.84. The lowest BCUT2D eigenvalue weighted by molar-refractivity contribution is -0.115. The van der Waals surface area contributed by atoms with Gasteiger partial charge in [0.2, 0.25) is 5.91 Å². The Bertz CT molecular complexity index is 303. The molecular formula is C9H9BrClNO. The van der Waals surface area contributed by atoms with Crippen LogP contribution in [0.2, 0.25) is 5.02 Å². The van der Waals surface area contributed by atoms with Crippen molar-refractivity contribution in [2.24, 2.45) is 0 Å². The standard InChI is InChI=1S/C9H9BrClNO/c10-6-5-9(13)12-8-4-2-1-3-7(8)11/h1-4H,5-6H2,(H,12,13). The van der Waals surface area contributed by atoms with Crippen molar-refractivity contribution in [3.63, 3.8) is 0 Å². The fourth-order valence-corrected chi connectivity index (χ4v) is 1.40. The van der Waals surface area contributed by atoms with Crippen molar-refractivity contribution in [1.82, 2.24) is 0 Å². The quantitative estimate of drug-likeness (QED) is 0.834. The van der Waals surface area contributed by atoms with E-state index in [-0.39, 0.29) is 5.91 Å². The molecule has 0 fully saturated rings. The van der Waals surface area contributed by atoms with Crippen molar-refractivity contribution in [1.29, 1.82) is 0 Å². The topological polar surface area (TPSA) is 29.1 Å². The molecule has 2 nitrogen and oxygen atoms in total. The second-order valence-electron chi connectivity index (χ2n) is 2.47. The predicted octanol–water partition coefficient (Wildman–Crippen LogP) is 3.06. The van der Waals surface area contributed by atoms with Crippen LogP contribution in [0.15, 0.2) is 24.3 Å². The van der Waals surface area contributed by atoms with Gasteiger partial charge in [-0.3, -0.25) is 4.79 Å². The van der Waals surface area contributed by atoms with Crippen LogP contribution < -0.4 is 5.32 Å². The van der Waals surface area contributed by atoms with E-state index in [4.69, 9.17) is 11.6 Å². The Labute approximate surface area is 90.4 Å². The second kappa shape index (κ2) is 5.25. The van der Waals surface area contributed by atoms with E-state index in [2.05, 4.69) is 21.2 Å². The van der Waals surface area contributed by atoms with Gasteiger partial charge < -0.3 is 5.32 Å². The zero-order chi connectivity index (χ0) is 9.68. The average Bonchev–Trinajstić information content (AvgIpc) is 2.09. The molecule has 0 aliphatic heterocycles. The Morgan fingerprint density at radius 3 is 2.77 bits per heavy atom. The molecule has 0 saturated heterocycles. The van der Waals surface area contributed by atoms with Gasteiger partial charge in [0.25, 0.3) is 0 Å². The molecule has 4 heteroatoms. The molecule has 0 bridgehead atoms. The van der Waals surface area contributed by atoms with Crippen LogP contribution in [0.5, 0.6) is 0 Å². The van der Waals surface area contributed by atoms with E-state index in [0.29, 0.717) is 22.5 Å². The molecule has 0 spiro atoms. The highest BCUT2D eigenvalue weighted by molar-refractivity contribution is 9.09. The molecule has 70 valence electrons. The Morgan fingerprint density at radius 2 is 2.15 bits per heavy atom. The first-order valence-corrected chi connectivity index (χ1v) is 5.34. The molecule has 0 aliphatic rings. The molecule has 0 unspecified atom stereocenters. The minimum absolute atomic E-state index is 0.0371. The largest absolute Gasteiger partial charge is 0.325 e. The number of carbonyl (C=O) groups excluding carboxylic acids is 1. The van der Waals surface area contributed by atoms with Gasteiger partial charge in [0, 0.05) is 11.8 Å². The number of benzene rings is 1. The van der Waals surface area contributed by atoms with E-state index in [0.717, 1.165) is 0 Å². The van der Waals surface area contributed by atoms with Gasteiger partial charge in [-0.15, -0.1) is 0 Å². The smallest absolute Gasteiger partial charge is 0.225 e. The molecule has 0 aliphatic carbocycles. The zero-order valence-electron chi connectivity index (χ0n) is 6.89. The normalized spacial score (nSPS) is 9.69. The number of hydrogen-bond donors (Lipinski definition) is 1. The van der Waals surface area contributed by atoms with Crippen molar-refractivity contribution in [2.45, 2.75) is 6.42 Å². The molecule has 0 atom stereocenters. The number of anilines is 1. The first kappa shape index (κ1) is 10.5. The summed E-state index contributed by atoms with van der Waals surface area (Å²) in [5, 5.41) is 3.93. The first-order chi connectivity index (χ1) is 6.24. The monoisotopic (exact) mass is 261 g/mol. The van der Waals surface area contributed by atoms with Crippen molar-refractivity contribution < 1.29 is 4.79 Å². The van der Waals surface area contributed by atoms with Gasteiger partial charge >= 0.3 is 0 Å². The number of para-hydroxylation sites is 1. The van der Waals surface area contributed by atoms with Crippen molar-refractivity contribution in [3.05, 3.63) is 29.3 Å². The summed E-state index contributed by atoms with van der Waals surface area (Å²) in [5.41, 5.74) is 0.662. The molecule has 0 aromatic heterocycles. The summed E-state index contributed by atoms with van der Waals surface area (Å²) in [6, 6.07) is 7.16. The van der Waals surface area contributed by atoms with Crippen molar-refractivity contribution >= 4 is 39.1 Å². The highest BCUT2D eigenvalue weighted by Gasteiger charge is 2.03. The van der Waals surface area contributed by atoms with Crippen LogP contribution in [-0.4, -0.2) is 11.2 Å². The fraction of sp³-hybridized carbons (Fsp3) is 0.222. The third kappa shape index (κ3) is 3.36. The van der Waals surface area contributed by atoms with E-state index >= 15 is 0 Å². The molecule has 13 heavy (non-hydrogen) atoms. The van der Waals surface area contributed by atoms with Gasteiger partial charge in [0.15, 0.2) is 0 Å². The molecule has 0 radical (unpaired) electrons. The van der Waals surface area contributed by atoms with Crippen LogP contribution >= 0.6 is 27.5 Å². The molecule has 1 N–H and O–H groups in total. The summed E-state index contributed by atoms with van der Waals surface area (Å²) in [4.78, 5) is 11.2. The second-order valence-corrected chi connectivity index (χ2v) is 3.67. The number of carbonyl (C=O) groups is 1. The number of halogens is 2. The maximum absolute atomic E-state index is 11.2. The van der Waals surface area contributed by atoms with Crippen LogP contribution in [0.1, 0.15) is 6.42 Å². The highest BCUT2D eigenvalue weighted by Crippen LogP contribution is 2.20. The van der Waals surface area contributed by atoms with Gasteiger partial charge in [0.1, 0.15) is 0 Å². The van der Waals surface area contributed by atoms with Gasteiger partial charge in [-0.05, 0) is 12.1 Å². The van der Waals surface area contributed by atoms with Crippen LogP contribution in [-0.2, 0) is 4.79 Å². The van der Waals surface area contributed by atoms with E-state index in [9.17, 15) is 4.79 Å². The van der Waals surface area contributed by atoms with E-state index in [1.807, 2.05) is 12.1 Å². The summed E-state index contributed by atoms with van der Waals surface area (Å²) < 4.78 is 0. The minimum atomic E-state index is -0.0371. The third-order valence-corrected chi connectivity index (χ3v) is 2.20. The summed E-state index contributed by atoms with van der Waals surface area (Å²) in [6.45, 7) is 0. The molecule has 0 heterocycles. The van der Waals surface area contributed by atoms with Gasteiger partial charge in [-0.2, -0.15) is 0 Å². The summed E-state index contributed by atoms with van der Waals surface area (Å²) in [7, 11) is 0. The van der Waals surface area contributed by atoms with E-state index < -0.39 is 0 Å². The Hall–Kier alpha value is -0.540. The van der Waals surface area contributed by atoms with E-state index in [1.165, 1.54) is 0 Å². The average molecular weight is 263 g/mol. The van der Waals surface area contributed by atoms with Crippen LogP contribution in [0.25, 0.3) is 0 Å². The summed E-state index contributed by atoms with van der Waals surface area (Å²) >= 11 is 9.03. The Morgan fingerprint density at radius 1 is 1.46 bits per heavy atom. The Kier molecular flexibility index (Phi) is 4.25. The molecule has 0 saturated carbocycles. The highest BCUT2D eigenvalue weighted by atomic mass is 79.9. The number of rotatable bonds is 3. The zero-order valence-corrected chi connectivity index (χ0v) is 9.23. The number of nitrogens with one attached hydrogen (secondary N) is 1. The number of alkyl halides is 1. The van der Waals surface area contributed by atoms with Crippen LogP contribution in [0, 0.1) is 0 Å². The Balaban J connectivity index is 2.63. The van der Waals surface area contributed by atoms with Gasteiger partial charge in [-0.1, -0.05) is 39.7 Å². The number of hydrogen-bond acceptors (Lipinski definition) is 1. The molecule has 1 rings (SSSR count). The van der Waals surface area contributed by atoms with E-state index in [1.54, 1.807) is 12.1 Å². The molecule has 1 aromatic rings. The lowest BCUT2D eigenvalue weighted by Crippen LogP contribution is -2.11. The van der Waals surface area contributed by atoms with Gasteiger partial charge in [-0.25, -0.2) is 0 Å². The maximum Gasteiger partial charge on any atom is 0.225 e. The molecular weight excluding hydrogens is 253 g/mol. The lowest BCUT2D eigenvalue weighted by atomic mass is 10.3. The van der Waals surface area contributed by atoms with Crippen molar-refractivity contribution in [3.8, 4) is 0 Å². The summed E-state index contributed by atoms with van der Waals surface area (Å²) in [5.74, 6) is -0.0371. The third-order valence-electron chi connectivity index (χ3n) is 1.47. The maximum atomic E-state index is 11.2. The van der Waals surface area contributed by atoms with Crippen molar-refractivity contribution in [2.75, 3.05) is 10.6 Å². The predicted molar refractivity (Wildman–Crippen MR) is 58.5 cm³/mol. The summed E-state index contributed by atoms with van der Waals surface area (Å²) in [6.07, 6.45) is 0.450. The van der Waals surface area contributed by atoms with Crippen LogP contribution in [0.3, 0.4) is 0 Å². The molecule has 1 amide bonds. The van der Waals surface area contributed by atoms with Gasteiger partial charge in [0.05, 0.1) is 10.7 Å². The SMILES string of the molecule is O=C(CCBr)Nc1ccccc1Cl. The van der Waals surface area contributed by atoms with Crippen LogP contribution in [0.4, 0.5) is 5.69 Å².